The van der Waals surface area contributed by atoms with Crippen molar-refractivity contribution in [1.82, 2.24) is 9.80 Å². The molecule has 0 bridgehead atoms. The van der Waals surface area contributed by atoms with Crippen LogP contribution in [0.25, 0.3) is 0 Å². The van der Waals surface area contributed by atoms with E-state index in [-0.39, 0.29) is 30.8 Å². The Morgan fingerprint density at radius 3 is 1.90 bits per heavy atom. The van der Waals surface area contributed by atoms with Crippen LogP contribution in [0.2, 0.25) is 0 Å². The van der Waals surface area contributed by atoms with Crippen molar-refractivity contribution in [2.75, 3.05) is 26.2 Å². The molecule has 156 valence electrons. The molecule has 3 rings (SSSR count). The highest BCUT2D eigenvalue weighted by Crippen LogP contribution is 2.24. The molecule has 2 amide bonds. The lowest BCUT2D eigenvalue weighted by Crippen LogP contribution is -2.37. The summed E-state index contributed by atoms with van der Waals surface area (Å²) in [6.07, 6.45) is 0.406. The normalized spacial score (nSPS) is 14.2. The molecular formula is C19H17FN4O6. The van der Waals surface area contributed by atoms with Gasteiger partial charge in [-0.2, -0.15) is 0 Å². The quantitative estimate of drug-likeness (QED) is 0.557. The van der Waals surface area contributed by atoms with E-state index in [0.29, 0.717) is 13.0 Å². The zero-order valence-electron chi connectivity index (χ0n) is 15.7. The molecule has 1 saturated heterocycles. The number of nitro groups is 2. The van der Waals surface area contributed by atoms with Crippen LogP contribution < -0.4 is 0 Å². The number of non-ortho nitro benzene ring substituents is 2. The fourth-order valence-corrected chi connectivity index (χ4v) is 3.24. The lowest BCUT2D eigenvalue weighted by atomic mass is 10.1. The van der Waals surface area contributed by atoms with Crippen LogP contribution in [0.4, 0.5) is 15.8 Å². The van der Waals surface area contributed by atoms with E-state index in [0.717, 1.165) is 18.2 Å². The summed E-state index contributed by atoms with van der Waals surface area (Å²) in [6.45, 7) is 0.786. The standard InChI is InChI=1S/C19H17FN4O6/c20-17-5-2-1-4-16(17)19(26)22-7-3-6-21(8-9-22)18(25)13-10-14(23(27)28)12-15(11-13)24(29)30/h1-2,4-5,10-12H,3,6-9H2. The third-order valence-corrected chi connectivity index (χ3v) is 4.75. The van der Waals surface area contributed by atoms with Crippen molar-refractivity contribution in [3.05, 3.63) is 79.6 Å². The molecule has 2 aromatic carbocycles. The number of nitro benzene ring substituents is 2. The first kappa shape index (κ1) is 20.8. The molecule has 0 aromatic heterocycles. The number of nitrogens with zero attached hydrogens (tertiary/aromatic N) is 4. The molecule has 1 aliphatic heterocycles. The van der Waals surface area contributed by atoms with Crippen molar-refractivity contribution in [2.24, 2.45) is 0 Å². The molecule has 0 N–H and O–H groups in total. The van der Waals surface area contributed by atoms with E-state index in [1.54, 1.807) is 6.07 Å². The van der Waals surface area contributed by atoms with Gasteiger partial charge in [-0.05, 0) is 18.6 Å². The number of hydrogen-bond acceptors (Lipinski definition) is 6. The maximum atomic E-state index is 13.9. The Morgan fingerprint density at radius 2 is 1.37 bits per heavy atom. The van der Waals surface area contributed by atoms with Gasteiger partial charge >= 0.3 is 0 Å². The Hall–Kier alpha value is -3.89. The molecular weight excluding hydrogens is 399 g/mol. The summed E-state index contributed by atoms with van der Waals surface area (Å²) in [5.41, 5.74) is -1.35. The minimum Gasteiger partial charge on any atom is -0.337 e. The molecule has 0 aliphatic carbocycles. The van der Waals surface area contributed by atoms with Gasteiger partial charge in [-0.15, -0.1) is 0 Å². The van der Waals surface area contributed by atoms with E-state index in [1.165, 1.54) is 28.0 Å². The van der Waals surface area contributed by atoms with E-state index in [4.69, 9.17) is 0 Å². The summed E-state index contributed by atoms with van der Waals surface area (Å²) in [6, 6.07) is 8.37. The molecule has 0 saturated carbocycles. The second kappa shape index (κ2) is 8.64. The van der Waals surface area contributed by atoms with E-state index < -0.39 is 38.9 Å². The van der Waals surface area contributed by atoms with Gasteiger partial charge in [0, 0.05) is 38.3 Å². The Balaban J connectivity index is 1.78. The lowest BCUT2D eigenvalue weighted by Gasteiger charge is -2.22. The van der Waals surface area contributed by atoms with Crippen molar-refractivity contribution >= 4 is 23.2 Å². The molecule has 1 fully saturated rings. The third kappa shape index (κ3) is 4.40. The van der Waals surface area contributed by atoms with Crippen molar-refractivity contribution in [1.29, 1.82) is 0 Å². The summed E-state index contributed by atoms with van der Waals surface area (Å²) in [5.74, 6) is -1.74. The Morgan fingerprint density at radius 1 is 0.833 bits per heavy atom. The van der Waals surface area contributed by atoms with Crippen molar-refractivity contribution in [3.8, 4) is 0 Å². The van der Waals surface area contributed by atoms with E-state index >= 15 is 0 Å². The van der Waals surface area contributed by atoms with Crippen LogP contribution >= 0.6 is 0 Å². The van der Waals surface area contributed by atoms with E-state index in [2.05, 4.69) is 0 Å². The molecule has 2 aromatic rings. The summed E-state index contributed by atoms with van der Waals surface area (Å²) in [4.78, 5) is 48.7. The Bertz CT molecular complexity index is 996. The molecule has 1 heterocycles. The highest BCUT2D eigenvalue weighted by atomic mass is 19.1. The van der Waals surface area contributed by atoms with Gasteiger partial charge in [0.05, 0.1) is 27.0 Å². The molecule has 0 atom stereocenters. The zero-order chi connectivity index (χ0) is 21.8. The van der Waals surface area contributed by atoms with Gasteiger partial charge in [0.2, 0.25) is 0 Å². The average molecular weight is 416 g/mol. The average Bonchev–Trinajstić information content (AvgIpc) is 2.99. The summed E-state index contributed by atoms with van der Waals surface area (Å²) >= 11 is 0. The van der Waals surface area contributed by atoms with Gasteiger partial charge in [0.15, 0.2) is 0 Å². The second-order valence-electron chi connectivity index (χ2n) is 6.67. The minimum absolute atomic E-state index is 0.0633. The number of rotatable bonds is 4. The SMILES string of the molecule is O=C(c1cc([N+](=O)[O-])cc([N+](=O)[O-])c1)N1CCCN(C(=O)c2ccccc2F)CC1. The largest absolute Gasteiger partial charge is 0.337 e. The van der Waals surface area contributed by atoms with Gasteiger partial charge < -0.3 is 9.80 Å². The first-order chi connectivity index (χ1) is 14.3. The topological polar surface area (TPSA) is 127 Å². The van der Waals surface area contributed by atoms with Crippen LogP contribution in [0.15, 0.2) is 42.5 Å². The van der Waals surface area contributed by atoms with Crippen LogP contribution in [0.5, 0.6) is 0 Å². The predicted molar refractivity (Wildman–Crippen MR) is 103 cm³/mol. The van der Waals surface area contributed by atoms with Crippen LogP contribution in [0.1, 0.15) is 27.1 Å². The predicted octanol–water partition coefficient (Wildman–Crippen LogP) is 2.63. The summed E-state index contributed by atoms with van der Waals surface area (Å²) in [5, 5.41) is 22.1. The van der Waals surface area contributed by atoms with Crippen molar-refractivity contribution < 1.29 is 23.8 Å². The number of hydrogen-bond donors (Lipinski definition) is 0. The van der Waals surface area contributed by atoms with Crippen molar-refractivity contribution in [3.63, 3.8) is 0 Å². The highest BCUT2D eigenvalue weighted by molar-refractivity contribution is 5.96. The number of carbonyl (C=O) groups excluding carboxylic acids is 2. The zero-order valence-corrected chi connectivity index (χ0v) is 15.7. The van der Waals surface area contributed by atoms with Gasteiger partial charge in [-0.3, -0.25) is 29.8 Å². The maximum Gasteiger partial charge on any atom is 0.277 e. The van der Waals surface area contributed by atoms with E-state index in [1.807, 2.05) is 0 Å². The first-order valence-electron chi connectivity index (χ1n) is 9.05. The van der Waals surface area contributed by atoms with Crippen molar-refractivity contribution in [2.45, 2.75) is 6.42 Å². The molecule has 10 nitrogen and oxygen atoms in total. The van der Waals surface area contributed by atoms with Crippen LogP contribution in [-0.2, 0) is 0 Å². The smallest absolute Gasteiger partial charge is 0.277 e. The third-order valence-electron chi connectivity index (χ3n) is 4.75. The number of benzene rings is 2. The minimum atomic E-state index is -0.805. The first-order valence-corrected chi connectivity index (χ1v) is 9.05. The summed E-state index contributed by atoms with van der Waals surface area (Å²) in [7, 11) is 0. The fraction of sp³-hybridized carbons (Fsp3) is 0.263. The molecule has 30 heavy (non-hydrogen) atoms. The molecule has 0 spiro atoms. The number of halogens is 1. The monoisotopic (exact) mass is 416 g/mol. The molecule has 1 aliphatic rings. The Kier molecular flexibility index (Phi) is 6.00. The number of carbonyl (C=O) groups is 2. The second-order valence-corrected chi connectivity index (χ2v) is 6.67. The van der Waals surface area contributed by atoms with Gasteiger partial charge in [0.1, 0.15) is 5.82 Å². The van der Waals surface area contributed by atoms with Gasteiger partial charge in [-0.1, -0.05) is 12.1 Å². The summed E-state index contributed by atoms with van der Waals surface area (Å²) < 4.78 is 13.9. The highest BCUT2D eigenvalue weighted by Gasteiger charge is 2.27. The van der Waals surface area contributed by atoms with Gasteiger partial charge in [-0.25, -0.2) is 4.39 Å². The number of amides is 2. The van der Waals surface area contributed by atoms with Crippen LogP contribution in [0, 0.1) is 26.0 Å². The van der Waals surface area contributed by atoms with Crippen LogP contribution in [0.3, 0.4) is 0 Å². The maximum absolute atomic E-state index is 13.9. The molecule has 11 heteroatoms. The molecule has 0 unspecified atom stereocenters. The molecule has 0 radical (unpaired) electrons. The van der Waals surface area contributed by atoms with Gasteiger partial charge in [0.25, 0.3) is 23.2 Å². The van der Waals surface area contributed by atoms with E-state index in [9.17, 15) is 34.2 Å². The lowest BCUT2D eigenvalue weighted by molar-refractivity contribution is -0.394. The Labute approximate surface area is 169 Å². The fourth-order valence-electron chi connectivity index (χ4n) is 3.24. The van der Waals surface area contributed by atoms with Crippen LogP contribution in [-0.4, -0.2) is 57.6 Å².